The van der Waals surface area contributed by atoms with Crippen molar-refractivity contribution in [3.05, 3.63) is 124 Å². The number of nitrogens with zero attached hydrogens (tertiary/aromatic N) is 2. The van der Waals surface area contributed by atoms with E-state index < -0.39 is 119 Å². The maximum atomic E-state index is 15.0. The zero-order chi connectivity index (χ0) is 56.5. The Hall–Kier alpha value is -8.59. The van der Waals surface area contributed by atoms with E-state index >= 15 is 4.39 Å². The third kappa shape index (κ3) is 16.5. The van der Waals surface area contributed by atoms with Crippen LogP contribution in [0.15, 0.2) is 71.7 Å². The van der Waals surface area contributed by atoms with Crippen LogP contribution in [0.25, 0.3) is 0 Å². The van der Waals surface area contributed by atoms with Gasteiger partial charge in [0.05, 0.1) is 69.7 Å². The van der Waals surface area contributed by atoms with Gasteiger partial charge in [-0.05, 0) is 68.3 Å². The molecule has 5 atom stereocenters. The molecule has 1 aliphatic heterocycles. The Balaban J connectivity index is 1.01. The summed E-state index contributed by atoms with van der Waals surface area (Å²) in [6.45, 7) is 2.92. The average molecular weight is 1090 g/mol. The highest BCUT2D eigenvalue weighted by Crippen LogP contribution is 2.43. The molecular formula is C50H54F6N10O11. The van der Waals surface area contributed by atoms with Crippen molar-refractivity contribution in [2.45, 2.75) is 64.4 Å². The van der Waals surface area contributed by atoms with Crippen LogP contribution in [-0.2, 0) is 44.8 Å². The zero-order valence-electron chi connectivity index (χ0n) is 41.5. The second kappa shape index (κ2) is 27.8. The van der Waals surface area contributed by atoms with Gasteiger partial charge in [0.25, 0.3) is 0 Å². The number of amides is 6. The van der Waals surface area contributed by atoms with Crippen molar-refractivity contribution in [1.82, 2.24) is 21.3 Å². The molecule has 5 rings (SSSR count). The fourth-order valence-corrected chi connectivity index (χ4v) is 7.55. The highest BCUT2D eigenvalue weighted by atomic mass is 19.2. The predicted molar refractivity (Wildman–Crippen MR) is 263 cm³/mol. The van der Waals surface area contributed by atoms with Crippen molar-refractivity contribution in [3.63, 3.8) is 0 Å². The summed E-state index contributed by atoms with van der Waals surface area (Å²) >= 11 is 0. The molecule has 0 bridgehead atoms. The molecule has 0 spiro atoms. The van der Waals surface area contributed by atoms with E-state index in [1.165, 1.54) is 62.1 Å². The number of alkyl carbamates (subject to hydrolysis) is 1. The van der Waals surface area contributed by atoms with Crippen molar-refractivity contribution in [3.8, 4) is 5.75 Å². The van der Waals surface area contributed by atoms with Crippen LogP contribution in [0.1, 0.15) is 66.7 Å². The number of rotatable bonds is 25. The number of nitrogens with one attached hydrogen (secondary N) is 6. The van der Waals surface area contributed by atoms with E-state index in [9.17, 15) is 55.5 Å². The molecule has 4 aromatic carbocycles. The van der Waals surface area contributed by atoms with Crippen molar-refractivity contribution >= 4 is 65.0 Å². The number of esters is 1. The summed E-state index contributed by atoms with van der Waals surface area (Å²) in [7, 11) is 0. The number of primary amides is 1. The largest absolute Gasteiger partial charge is 0.445 e. The zero-order valence-corrected chi connectivity index (χ0v) is 41.5. The molecule has 77 heavy (non-hydrogen) atoms. The first-order valence-electron chi connectivity index (χ1n) is 23.4. The van der Waals surface area contributed by atoms with Crippen LogP contribution in [0.4, 0.5) is 42.5 Å². The normalized spacial score (nSPS) is 15.1. The molecule has 27 heteroatoms. The number of benzene rings is 4. The summed E-state index contributed by atoms with van der Waals surface area (Å²) in [5.41, 5.74) is 12.1. The van der Waals surface area contributed by atoms with Crippen LogP contribution in [0, 0.1) is 46.2 Å². The van der Waals surface area contributed by atoms with Gasteiger partial charge in [0.15, 0.2) is 11.6 Å². The summed E-state index contributed by atoms with van der Waals surface area (Å²) in [5.74, 6) is -15.8. The highest BCUT2D eigenvalue weighted by molar-refractivity contribution is 6.15. The molecule has 0 unspecified atom stereocenters. The van der Waals surface area contributed by atoms with E-state index in [0.29, 0.717) is 16.8 Å². The lowest BCUT2D eigenvalue weighted by atomic mass is 9.78. The lowest BCUT2D eigenvalue weighted by molar-refractivity contribution is -0.136. The van der Waals surface area contributed by atoms with Gasteiger partial charge in [0, 0.05) is 35.4 Å². The van der Waals surface area contributed by atoms with Crippen molar-refractivity contribution in [1.29, 1.82) is 5.41 Å². The van der Waals surface area contributed by atoms with Crippen LogP contribution in [0.3, 0.4) is 0 Å². The molecule has 4 aromatic rings. The van der Waals surface area contributed by atoms with Crippen molar-refractivity contribution in [2.24, 2.45) is 22.4 Å². The van der Waals surface area contributed by atoms with Crippen LogP contribution in [-0.4, -0.2) is 111 Å². The Morgan fingerprint density at radius 1 is 0.740 bits per heavy atom. The fourth-order valence-electron chi connectivity index (χ4n) is 7.55. The van der Waals surface area contributed by atoms with E-state index in [2.05, 4.69) is 36.3 Å². The van der Waals surface area contributed by atoms with Gasteiger partial charge in [0.2, 0.25) is 46.9 Å². The topological polar surface area (TPSA) is 308 Å². The number of halogens is 6. The molecule has 0 saturated heterocycles. The van der Waals surface area contributed by atoms with E-state index in [4.69, 9.17) is 31.1 Å². The monoisotopic (exact) mass is 1080 g/mol. The third-order valence-corrected chi connectivity index (χ3v) is 11.5. The maximum Gasteiger partial charge on any atom is 0.408 e. The first-order valence-corrected chi connectivity index (χ1v) is 23.4. The van der Waals surface area contributed by atoms with Crippen LogP contribution in [0.5, 0.6) is 5.75 Å². The first-order chi connectivity index (χ1) is 36.6. The molecule has 6 amide bonds. The summed E-state index contributed by atoms with van der Waals surface area (Å²) in [4.78, 5) is 94.0. The standard InChI is InChI=1S/C50H54F6N10O11/c1-25(62-38(67)12-14-74-16-17-75-15-13-39(68)77-45-41(55)35(53)20-36(54)42(45)56)47(70)63-26(2)48(71)64-27(3)49(72)65-32-10-4-28(5-11-32)22-76-50(73)61-24-66-37-19-31(52)18-33(46(59)69)40(37)43(58)34(21-60-23-57)44(66)29-6-8-30(51)9-7-29/h4-11,18-20,23,25-27,34,44,58H,12-17,21-22,24H2,1-3H3,(H2,57,60)(H2,59,69)(H,61,73)(H,62,67)(H,63,70)(H,64,71)(H,65,72)/t25-,26-,27-,34-,44+/m0/s1. The lowest BCUT2D eigenvalue weighted by Crippen LogP contribution is -2.54. The minimum absolute atomic E-state index is 0.0189. The second-order valence-electron chi connectivity index (χ2n) is 17.1. The Morgan fingerprint density at radius 3 is 1.92 bits per heavy atom. The molecule has 21 nitrogen and oxygen atoms in total. The van der Waals surface area contributed by atoms with Gasteiger partial charge in [-0.2, -0.15) is 8.78 Å². The van der Waals surface area contributed by atoms with Gasteiger partial charge >= 0.3 is 12.1 Å². The SMILES string of the molecule is C[C@H](NC(=O)CCOCCOCCC(=O)Oc1c(F)c(F)cc(F)c1F)C(=O)N[C@@H](C)C(=O)N[C@@H](C)C(=O)Nc1ccc(COC(=O)NCN2c3cc(F)cc(C(N)=O)c3C(=N)[C@H](CN=CN)[C@H]2c2ccc(F)cc2)cc1. The maximum absolute atomic E-state index is 15.0. The van der Waals surface area contributed by atoms with E-state index in [1.807, 2.05) is 0 Å². The minimum Gasteiger partial charge on any atom is -0.445 e. The molecule has 412 valence electrons. The van der Waals surface area contributed by atoms with E-state index in [0.717, 1.165) is 18.5 Å². The molecule has 0 radical (unpaired) electrons. The van der Waals surface area contributed by atoms with Crippen LogP contribution >= 0.6 is 0 Å². The molecule has 1 aliphatic rings. The van der Waals surface area contributed by atoms with Gasteiger partial charge in [-0.25, -0.2) is 22.4 Å². The van der Waals surface area contributed by atoms with Gasteiger partial charge < -0.3 is 67.3 Å². The second-order valence-corrected chi connectivity index (χ2v) is 17.1. The summed E-state index contributed by atoms with van der Waals surface area (Å²) in [6, 6.07) is 9.24. The smallest absolute Gasteiger partial charge is 0.408 e. The third-order valence-electron chi connectivity index (χ3n) is 11.5. The Bertz CT molecular complexity index is 2840. The van der Waals surface area contributed by atoms with Crippen molar-refractivity contribution < 1.29 is 78.9 Å². The molecule has 1 heterocycles. The molecule has 0 aromatic heterocycles. The summed E-state index contributed by atoms with van der Waals surface area (Å²) in [5, 5.41) is 21.7. The first kappa shape index (κ1) is 59.3. The number of anilines is 2. The van der Waals surface area contributed by atoms with Crippen LogP contribution < -0.4 is 47.7 Å². The number of ether oxygens (including phenoxy) is 4. The quantitative estimate of drug-likeness (QED) is 0.00890. The Kier molecular flexibility index (Phi) is 21.4. The molecule has 10 N–H and O–H groups in total. The average Bonchev–Trinajstić information content (AvgIpc) is 3.41. The molecular weight excluding hydrogens is 1030 g/mol. The number of nitrogens with two attached hydrogens (primary N) is 2. The number of carbonyl (C=O) groups excluding carboxylic acids is 7. The molecule has 0 saturated carbocycles. The molecule has 0 aliphatic carbocycles. The minimum atomic E-state index is -1.87. The Labute approximate surface area is 435 Å². The van der Waals surface area contributed by atoms with Gasteiger partial charge in [-0.15, -0.1) is 0 Å². The lowest BCUT2D eigenvalue weighted by Gasteiger charge is -2.44. The number of aliphatic imine (C=N–C) groups is 1. The Morgan fingerprint density at radius 2 is 1.32 bits per heavy atom. The summed E-state index contributed by atoms with van der Waals surface area (Å²) in [6.07, 6.45) is -0.595. The highest BCUT2D eigenvalue weighted by Gasteiger charge is 2.41. The number of hydrogen-bond donors (Lipinski definition) is 8. The van der Waals surface area contributed by atoms with Gasteiger partial charge in [-0.1, -0.05) is 24.3 Å². The van der Waals surface area contributed by atoms with Gasteiger partial charge in [0.1, 0.15) is 36.4 Å². The van der Waals surface area contributed by atoms with Gasteiger partial charge in [-0.3, -0.25) is 33.8 Å². The van der Waals surface area contributed by atoms with Crippen molar-refractivity contribution in [2.75, 3.05) is 49.9 Å². The van der Waals surface area contributed by atoms with Crippen LogP contribution in [0.2, 0.25) is 0 Å². The number of hydrogen-bond acceptors (Lipinski definition) is 14. The molecule has 0 fully saturated rings. The number of carbonyl (C=O) groups is 7. The predicted octanol–water partition coefficient (Wildman–Crippen LogP) is 3.91. The summed E-state index contributed by atoms with van der Waals surface area (Å²) < 4.78 is 103. The fraction of sp³-hybridized carbons (Fsp3) is 0.340. The van der Waals surface area contributed by atoms with E-state index in [1.54, 1.807) is 12.1 Å². The number of fused-ring (bicyclic) bond motifs is 1. The van der Waals surface area contributed by atoms with E-state index in [-0.39, 0.29) is 81.3 Å².